The minimum absolute atomic E-state index is 0.225. The first-order valence-corrected chi connectivity index (χ1v) is 10.0. The topological polar surface area (TPSA) is 81.4 Å². The van der Waals surface area contributed by atoms with Crippen LogP contribution in [0, 0.1) is 0 Å². The lowest BCUT2D eigenvalue weighted by atomic mass is 10.1. The Balaban J connectivity index is 1.55. The Bertz CT molecular complexity index is 1320. The lowest BCUT2D eigenvalue weighted by Crippen LogP contribution is -2.16. The second-order valence-electron chi connectivity index (χ2n) is 7.16. The van der Waals surface area contributed by atoms with E-state index in [2.05, 4.69) is 4.98 Å². The minimum Gasteiger partial charge on any atom is -0.489 e. The molecule has 0 saturated heterocycles. The fourth-order valence-corrected chi connectivity index (χ4v) is 3.28. The summed E-state index contributed by atoms with van der Waals surface area (Å²) in [4.78, 5) is 28.3. The second-order valence-corrected chi connectivity index (χ2v) is 7.60. The molecule has 0 spiro atoms. The number of nitrogens with zero attached hydrogens (tertiary/aromatic N) is 2. The van der Waals surface area contributed by atoms with Crippen molar-refractivity contribution in [3.63, 3.8) is 0 Å². The molecule has 0 fully saturated rings. The molecule has 1 unspecified atom stereocenters. The zero-order valence-corrected chi connectivity index (χ0v) is 17.4. The molecule has 2 aromatic carbocycles. The van der Waals surface area contributed by atoms with E-state index >= 15 is 0 Å². The highest BCUT2D eigenvalue weighted by Gasteiger charge is 2.15. The van der Waals surface area contributed by atoms with E-state index in [1.54, 1.807) is 49.5 Å². The van der Waals surface area contributed by atoms with Crippen LogP contribution in [-0.4, -0.2) is 20.6 Å². The van der Waals surface area contributed by atoms with Crippen molar-refractivity contribution in [3.8, 4) is 11.4 Å². The molecule has 31 heavy (non-hydrogen) atoms. The molecule has 0 bridgehead atoms. The van der Waals surface area contributed by atoms with Crippen LogP contribution in [0.5, 0.6) is 5.75 Å². The molecule has 7 heteroatoms. The van der Waals surface area contributed by atoms with Gasteiger partial charge in [0.1, 0.15) is 12.4 Å². The summed E-state index contributed by atoms with van der Waals surface area (Å²) < 4.78 is 7.23. The highest BCUT2D eigenvalue weighted by atomic mass is 35.5. The van der Waals surface area contributed by atoms with Gasteiger partial charge in [-0.2, -0.15) is 0 Å². The number of pyridine rings is 2. The summed E-state index contributed by atoms with van der Waals surface area (Å²) in [5.74, 6) is -1.13. The molecule has 4 rings (SSSR count). The maximum absolute atomic E-state index is 12.6. The van der Waals surface area contributed by atoms with Crippen LogP contribution in [0.3, 0.4) is 0 Å². The molecule has 156 valence electrons. The number of rotatable bonds is 6. The second kappa shape index (κ2) is 8.62. The van der Waals surface area contributed by atoms with Crippen molar-refractivity contribution >= 4 is 28.5 Å². The largest absolute Gasteiger partial charge is 0.489 e. The van der Waals surface area contributed by atoms with Gasteiger partial charge >= 0.3 is 5.97 Å². The average molecular weight is 435 g/mol. The van der Waals surface area contributed by atoms with Gasteiger partial charge in [-0.3, -0.25) is 19.1 Å². The van der Waals surface area contributed by atoms with E-state index in [9.17, 15) is 14.7 Å². The number of benzene rings is 2. The molecule has 0 aliphatic rings. The summed E-state index contributed by atoms with van der Waals surface area (Å²) in [5.41, 5.74) is 2.57. The molecule has 0 aliphatic heterocycles. The van der Waals surface area contributed by atoms with Crippen LogP contribution in [-0.2, 0) is 11.4 Å². The Morgan fingerprint density at radius 2 is 1.87 bits per heavy atom. The predicted molar refractivity (Wildman–Crippen MR) is 119 cm³/mol. The quantitative estimate of drug-likeness (QED) is 0.471. The van der Waals surface area contributed by atoms with E-state index in [-0.39, 0.29) is 5.56 Å². The SMILES string of the molecule is CC(C(=O)O)c1ccc2cc(-n3ccc(OCc4ccc(Cl)cc4)cc3=O)ccc2n1. The third-order valence-corrected chi connectivity index (χ3v) is 5.25. The predicted octanol–water partition coefficient (Wildman–Crippen LogP) is 4.81. The van der Waals surface area contributed by atoms with Crippen LogP contribution in [0.1, 0.15) is 24.1 Å². The lowest BCUT2D eigenvalue weighted by Gasteiger charge is -2.11. The number of carboxylic acids is 1. The maximum atomic E-state index is 12.6. The van der Waals surface area contributed by atoms with E-state index in [4.69, 9.17) is 16.3 Å². The van der Waals surface area contributed by atoms with Gasteiger partial charge in [0.05, 0.1) is 17.1 Å². The zero-order valence-electron chi connectivity index (χ0n) is 16.7. The summed E-state index contributed by atoms with van der Waals surface area (Å²) in [7, 11) is 0. The molecular formula is C24H19ClN2O4. The van der Waals surface area contributed by atoms with Crippen LogP contribution in [0.4, 0.5) is 0 Å². The molecule has 0 saturated carbocycles. The summed E-state index contributed by atoms with van der Waals surface area (Å²) in [5, 5.41) is 10.6. The van der Waals surface area contributed by atoms with Crippen molar-refractivity contribution in [2.75, 3.05) is 0 Å². The Morgan fingerprint density at radius 1 is 1.10 bits per heavy atom. The van der Waals surface area contributed by atoms with Gasteiger partial charge in [0, 0.05) is 28.4 Å². The smallest absolute Gasteiger partial charge is 0.312 e. The minimum atomic E-state index is -0.923. The van der Waals surface area contributed by atoms with Gasteiger partial charge in [0.2, 0.25) is 0 Å². The number of hydrogen-bond donors (Lipinski definition) is 1. The third-order valence-electron chi connectivity index (χ3n) is 5.00. The van der Waals surface area contributed by atoms with Crippen LogP contribution in [0.25, 0.3) is 16.6 Å². The first-order chi connectivity index (χ1) is 14.9. The fourth-order valence-electron chi connectivity index (χ4n) is 3.16. The molecule has 2 heterocycles. The van der Waals surface area contributed by atoms with E-state index < -0.39 is 11.9 Å². The molecule has 4 aromatic rings. The van der Waals surface area contributed by atoms with Crippen molar-refractivity contribution in [2.45, 2.75) is 19.4 Å². The summed E-state index contributed by atoms with van der Waals surface area (Å²) in [6.07, 6.45) is 1.66. The molecule has 1 N–H and O–H groups in total. The van der Waals surface area contributed by atoms with Gasteiger partial charge < -0.3 is 9.84 Å². The van der Waals surface area contributed by atoms with Gasteiger partial charge in [-0.1, -0.05) is 29.8 Å². The van der Waals surface area contributed by atoms with E-state index in [1.807, 2.05) is 24.3 Å². The van der Waals surface area contributed by atoms with E-state index in [0.717, 1.165) is 10.9 Å². The fraction of sp³-hybridized carbons (Fsp3) is 0.125. The maximum Gasteiger partial charge on any atom is 0.312 e. The number of aromatic nitrogens is 2. The van der Waals surface area contributed by atoms with Gasteiger partial charge in [-0.25, -0.2) is 0 Å². The highest BCUT2D eigenvalue weighted by molar-refractivity contribution is 6.30. The molecule has 0 radical (unpaired) electrons. The van der Waals surface area contributed by atoms with Crippen molar-refractivity contribution in [2.24, 2.45) is 0 Å². The van der Waals surface area contributed by atoms with Crippen LogP contribution >= 0.6 is 11.6 Å². The third kappa shape index (κ3) is 4.59. The number of fused-ring (bicyclic) bond motifs is 1. The number of halogens is 1. The average Bonchev–Trinajstić information content (AvgIpc) is 2.77. The number of carbonyl (C=O) groups is 1. The number of ether oxygens (including phenoxy) is 1. The molecule has 0 aliphatic carbocycles. The Labute approximate surface area is 183 Å². The lowest BCUT2D eigenvalue weighted by molar-refractivity contribution is -0.138. The monoisotopic (exact) mass is 434 g/mol. The van der Waals surface area contributed by atoms with Crippen molar-refractivity contribution in [1.29, 1.82) is 0 Å². The normalized spacial score (nSPS) is 11.9. The molecule has 1 atom stereocenters. The summed E-state index contributed by atoms with van der Waals surface area (Å²) in [6.45, 7) is 1.93. The molecule has 6 nitrogen and oxygen atoms in total. The van der Waals surface area contributed by atoms with Gasteiger partial charge in [0.15, 0.2) is 0 Å². The molecule has 2 aromatic heterocycles. The number of aliphatic carboxylic acids is 1. The standard InChI is InChI=1S/C24H19ClN2O4/c1-15(24(29)30)21-8-4-17-12-19(7-9-22(17)26-21)27-11-10-20(13-23(27)28)31-14-16-2-5-18(25)6-3-16/h2-13,15H,14H2,1H3,(H,29,30). The Hall–Kier alpha value is -3.64. The first kappa shape index (κ1) is 20.6. The van der Waals surface area contributed by atoms with Crippen molar-refractivity contribution < 1.29 is 14.6 Å². The summed E-state index contributed by atoms with van der Waals surface area (Å²) in [6, 6.07) is 19.4. The molecular weight excluding hydrogens is 416 g/mol. The van der Waals surface area contributed by atoms with Crippen LogP contribution in [0.15, 0.2) is 77.7 Å². The Morgan fingerprint density at radius 3 is 2.58 bits per heavy atom. The van der Waals surface area contributed by atoms with E-state index in [1.165, 1.54) is 10.6 Å². The number of hydrogen-bond acceptors (Lipinski definition) is 4. The van der Waals surface area contributed by atoms with Crippen LogP contribution < -0.4 is 10.3 Å². The first-order valence-electron chi connectivity index (χ1n) is 9.64. The van der Waals surface area contributed by atoms with Gasteiger partial charge in [0.25, 0.3) is 5.56 Å². The number of carboxylic acid groups (broad SMARTS) is 1. The van der Waals surface area contributed by atoms with Gasteiger partial charge in [-0.15, -0.1) is 0 Å². The van der Waals surface area contributed by atoms with Crippen molar-refractivity contribution in [1.82, 2.24) is 9.55 Å². The van der Waals surface area contributed by atoms with Crippen molar-refractivity contribution in [3.05, 3.63) is 99.6 Å². The van der Waals surface area contributed by atoms with Crippen LogP contribution in [0.2, 0.25) is 5.02 Å². The summed E-state index contributed by atoms with van der Waals surface area (Å²) >= 11 is 5.88. The molecule has 0 amide bonds. The van der Waals surface area contributed by atoms with E-state index in [0.29, 0.717) is 34.3 Å². The van der Waals surface area contributed by atoms with Gasteiger partial charge in [-0.05, 0) is 55.0 Å². The highest BCUT2D eigenvalue weighted by Crippen LogP contribution is 2.21. The Kier molecular flexibility index (Phi) is 5.73. The zero-order chi connectivity index (χ0) is 22.0.